The number of rotatable bonds is 7. The summed E-state index contributed by atoms with van der Waals surface area (Å²) in [6.07, 6.45) is 2.03. The molecule has 2 heterocycles. The van der Waals surface area contributed by atoms with Crippen LogP contribution in [0.4, 0.5) is 0 Å². The zero-order chi connectivity index (χ0) is 15.2. The van der Waals surface area contributed by atoms with Crippen LogP contribution in [0, 0.1) is 0 Å². The summed E-state index contributed by atoms with van der Waals surface area (Å²) in [6, 6.07) is 0.332. The fraction of sp³-hybridized carbons (Fsp3) is 0.867. The van der Waals surface area contributed by atoms with Gasteiger partial charge in [0.1, 0.15) is 6.10 Å². The van der Waals surface area contributed by atoms with Crippen LogP contribution in [0.15, 0.2) is 4.52 Å². The van der Waals surface area contributed by atoms with E-state index in [1.807, 2.05) is 0 Å². The number of ether oxygens (including phenoxy) is 1. The molecule has 21 heavy (non-hydrogen) atoms. The van der Waals surface area contributed by atoms with Crippen LogP contribution in [-0.4, -0.2) is 54.4 Å². The molecule has 0 amide bonds. The standard InChI is InChI=1S/C15H28N4O2/c1-5-7-16-11(3)12(6-2)15-17-14(18-21-15)13-10-19(4)8-9-20-13/h11-13,16H,5-10H2,1-4H3. The van der Waals surface area contributed by atoms with E-state index in [-0.39, 0.29) is 12.0 Å². The molecule has 6 nitrogen and oxygen atoms in total. The van der Waals surface area contributed by atoms with E-state index in [0.717, 1.165) is 45.0 Å². The minimum absolute atomic E-state index is 0.0716. The largest absolute Gasteiger partial charge is 0.367 e. The summed E-state index contributed by atoms with van der Waals surface area (Å²) in [5.74, 6) is 1.65. The van der Waals surface area contributed by atoms with E-state index < -0.39 is 0 Å². The average Bonchev–Trinajstić information content (AvgIpc) is 2.95. The molecule has 0 aromatic carbocycles. The molecule has 0 saturated carbocycles. The third-order valence-electron chi connectivity index (χ3n) is 4.09. The van der Waals surface area contributed by atoms with Crippen LogP contribution in [-0.2, 0) is 4.74 Å². The Kier molecular flexibility index (Phi) is 6.14. The maximum absolute atomic E-state index is 5.74. The van der Waals surface area contributed by atoms with Gasteiger partial charge in [0.2, 0.25) is 11.7 Å². The van der Waals surface area contributed by atoms with Crippen molar-refractivity contribution in [2.24, 2.45) is 0 Å². The van der Waals surface area contributed by atoms with Gasteiger partial charge < -0.3 is 19.5 Å². The second-order valence-electron chi connectivity index (χ2n) is 5.87. The van der Waals surface area contributed by atoms with Crippen molar-refractivity contribution in [3.63, 3.8) is 0 Å². The lowest BCUT2D eigenvalue weighted by Gasteiger charge is -2.27. The van der Waals surface area contributed by atoms with Crippen LogP contribution >= 0.6 is 0 Å². The van der Waals surface area contributed by atoms with Crippen molar-refractivity contribution >= 4 is 0 Å². The predicted molar refractivity (Wildman–Crippen MR) is 81.3 cm³/mol. The van der Waals surface area contributed by atoms with E-state index in [1.165, 1.54) is 0 Å². The smallest absolute Gasteiger partial charge is 0.231 e. The molecular weight excluding hydrogens is 268 g/mol. The van der Waals surface area contributed by atoms with Crippen LogP contribution in [0.5, 0.6) is 0 Å². The summed E-state index contributed by atoms with van der Waals surface area (Å²) in [5, 5.41) is 7.65. The first-order valence-corrected chi connectivity index (χ1v) is 8.02. The lowest BCUT2D eigenvalue weighted by Crippen LogP contribution is -2.35. The fourth-order valence-corrected chi connectivity index (χ4v) is 2.72. The highest BCUT2D eigenvalue weighted by Gasteiger charge is 2.28. The van der Waals surface area contributed by atoms with Crippen LogP contribution < -0.4 is 5.32 Å². The Morgan fingerprint density at radius 2 is 2.24 bits per heavy atom. The third-order valence-corrected chi connectivity index (χ3v) is 4.09. The first-order valence-electron chi connectivity index (χ1n) is 8.02. The van der Waals surface area contributed by atoms with Crippen LogP contribution in [0.2, 0.25) is 0 Å². The topological polar surface area (TPSA) is 63.4 Å². The fourth-order valence-electron chi connectivity index (χ4n) is 2.72. The van der Waals surface area contributed by atoms with E-state index in [2.05, 4.69) is 48.2 Å². The van der Waals surface area contributed by atoms with Gasteiger partial charge in [-0.2, -0.15) is 4.98 Å². The number of hydrogen-bond acceptors (Lipinski definition) is 6. The molecule has 1 aromatic heterocycles. The number of aromatic nitrogens is 2. The van der Waals surface area contributed by atoms with E-state index in [0.29, 0.717) is 11.9 Å². The van der Waals surface area contributed by atoms with E-state index in [1.54, 1.807) is 0 Å². The number of likely N-dealkylation sites (N-methyl/N-ethyl adjacent to an activating group) is 1. The number of nitrogens with one attached hydrogen (secondary N) is 1. The van der Waals surface area contributed by atoms with Gasteiger partial charge >= 0.3 is 0 Å². The summed E-state index contributed by atoms with van der Waals surface area (Å²) in [4.78, 5) is 6.83. The van der Waals surface area contributed by atoms with Gasteiger partial charge in [0.15, 0.2) is 0 Å². The first-order chi connectivity index (χ1) is 10.2. The van der Waals surface area contributed by atoms with Crippen molar-refractivity contribution in [2.45, 2.75) is 51.7 Å². The van der Waals surface area contributed by atoms with E-state index >= 15 is 0 Å². The third kappa shape index (κ3) is 4.25. The second kappa shape index (κ2) is 7.87. The zero-order valence-corrected chi connectivity index (χ0v) is 13.6. The lowest BCUT2D eigenvalue weighted by molar-refractivity contribution is -0.0264. The molecule has 1 saturated heterocycles. The zero-order valence-electron chi connectivity index (χ0n) is 13.6. The number of nitrogens with zero attached hydrogens (tertiary/aromatic N) is 3. The van der Waals surface area contributed by atoms with Crippen molar-refractivity contribution in [3.05, 3.63) is 11.7 Å². The molecule has 2 rings (SSSR count). The minimum atomic E-state index is -0.0716. The average molecular weight is 296 g/mol. The lowest BCUT2D eigenvalue weighted by atomic mass is 9.98. The highest BCUT2D eigenvalue weighted by molar-refractivity contribution is 5.01. The molecule has 1 aromatic rings. The minimum Gasteiger partial charge on any atom is -0.367 e. The van der Waals surface area contributed by atoms with Gasteiger partial charge in [-0.25, -0.2) is 0 Å². The molecule has 0 aliphatic carbocycles. The Morgan fingerprint density at radius 3 is 2.90 bits per heavy atom. The quantitative estimate of drug-likeness (QED) is 0.830. The van der Waals surface area contributed by atoms with Crippen molar-refractivity contribution in [1.82, 2.24) is 20.4 Å². The summed E-state index contributed by atoms with van der Waals surface area (Å²) < 4.78 is 11.3. The van der Waals surface area contributed by atoms with Crippen molar-refractivity contribution in [2.75, 3.05) is 33.3 Å². The van der Waals surface area contributed by atoms with Gasteiger partial charge in [-0.15, -0.1) is 0 Å². The van der Waals surface area contributed by atoms with E-state index in [4.69, 9.17) is 9.26 Å². The highest BCUT2D eigenvalue weighted by Crippen LogP contribution is 2.25. The Bertz CT molecular complexity index is 424. The van der Waals surface area contributed by atoms with Crippen molar-refractivity contribution in [3.8, 4) is 0 Å². The Morgan fingerprint density at radius 1 is 1.43 bits per heavy atom. The molecule has 3 unspecified atom stereocenters. The van der Waals surface area contributed by atoms with Gasteiger partial charge in [-0.3, -0.25) is 0 Å². The Balaban J connectivity index is 2.02. The summed E-state index contributed by atoms with van der Waals surface area (Å²) in [7, 11) is 2.09. The molecule has 1 aliphatic rings. The molecule has 6 heteroatoms. The van der Waals surface area contributed by atoms with Crippen molar-refractivity contribution in [1.29, 1.82) is 0 Å². The molecule has 0 spiro atoms. The Hall–Kier alpha value is -0.980. The molecule has 1 aliphatic heterocycles. The summed E-state index contributed by atoms with van der Waals surface area (Å²) in [6.45, 7) is 10.0. The first kappa shape index (κ1) is 16.4. The molecule has 1 fully saturated rings. The van der Waals surface area contributed by atoms with Crippen LogP contribution in [0.3, 0.4) is 0 Å². The molecular formula is C15H28N4O2. The maximum atomic E-state index is 5.74. The van der Waals surface area contributed by atoms with Crippen LogP contribution in [0.25, 0.3) is 0 Å². The normalized spacial score (nSPS) is 23.1. The number of morpholine rings is 1. The van der Waals surface area contributed by atoms with Gasteiger partial charge in [-0.05, 0) is 33.4 Å². The Labute approximate surface area is 127 Å². The summed E-state index contributed by atoms with van der Waals surface area (Å²) in [5.41, 5.74) is 0. The molecule has 120 valence electrons. The second-order valence-corrected chi connectivity index (χ2v) is 5.87. The molecule has 1 N–H and O–H groups in total. The predicted octanol–water partition coefficient (Wildman–Crippen LogP) is 1.95. The number of hydrogen-bond donors (Lipinski definition) is 1. The molecule has 0 bridgehead atoms. The van der Waals surface area contributed by atoms with Gasteiger partial charge in [0.25, 0.3) is 0 Å². The summed E-state index contributed by atoms with van der Waals surface area (Å²) >= 11 is 0. The van der Waals surface area contributed by atoms with Crippen molar-refractivity contribution < 1.29 is 9.26 Å². The molecule has 0 radical (unpaired) electrons. The highest BCUT2D eigenvalue weighted by atomic mass is 16.5. The molecule has 3 atom stereocenters. The van der Waals surface area contributed by atoms with E-state index in [9.17, 15) is 0 Å². The monoisotopic (exact) mass is 296 g/mol. The van der Waals surface area contributed by atoms with Gasteiger partial charge in [-0.1, -0.05) is 19.0 Å². The SMILES string of the molecule is CCCNC(C)C(CC)c1nc(C2CN(C)CCO2)no1. The van der Waals surface area contributed by atoms with Crippen LogP contribution in [0.1, 0.15) is 57.3 Å². The maximum Gasteiger partial charge on any atom is 0.231 e. The van der Waals surface area contributed by atoms with Gasteiger partial charge in [0.05, 0.1) is 12.5 Å². The van der Waals surface area contributed by atoms with Gasteiger partial charge in [0, 0.05) is 19.1 Å².